The molecule has 0 aliphatic carbocycles. The molecule has 0 saturated heterocycles. The van der Waals surface area contributed by atoms with Gasteiger partial charge in [-0.05, 0) is 25.5 Å². The highest BCUT2D eigenvalue weighted by Crippen LogP contribution is 2.26. The van der Waals surface area contributed by atoms with Crippen LogP contribution in [0.1, 0.15) is 11.3 Å². The van der Waals surface area contributed by atoms with Crippen LogP contribution >= 0.6 is 0 Å². The summed E-state index contributed by atoms with van der Waals surface area (Å²) in [4.78, 5) is 4.41. The van der Waals surface area contributed by atoms with Crippen molar-refractivity contribution < 1.29 is 0 Å². The van der Waals surface area contributed by atoms with Gasteiger partial charge in [0.2, 0.25) is 5.95 Å². The standard InChI is InChI=1S/C13H15N5/c1-8-6-4-5-7-10(8)18-12-11(15-13(18)14)9(2)16-17(12)3/h4-7H,1-3H3,(H2,14,15). The zero-order valence-corrected chi connectivity index (χ0v) is 10.7. The van der Waals surface area contributed by atoms with E-state index in [0.29, 0.717) is 5.95 Å². The molecule has 0 fully saturated rings. The number of rotatable bonds is 1. The molecular formula is C13H15N5. The van der Waals surface area contributed by atoms with Crippen LogP contribution in [0.4, 0.5) is 5.95 Å². The van der Waals surface area contributed by atoms with Crippen LogP contribution in [0.2, 0.25) is 0 Å². The van der Waals surface area contributed by atoms with E-state index in [2.05, 4.69) is 23.1 Å². The summed E-state index contributed by atoms with van der Waals surface area (Å²) in [7, 11) is 1.91. The molecule has 0 unspecified atom stereocenters. The van der Waals surface area contributed by atoms with Crippen LogP contribution in [0.25, 0.3) is 16.9 Å². The quantitative estimate of drug-likeness (QED) is 0.708. The molecule has 5 heteroatoms. The maximum atomic E-state index is 6.05. The van der Waals surface area contributed by atoms with Gasteiger partial charge in [0.15, 0.2) is 5.65 Å². The van der Waals surface area contributed by atoms with Gasteiger partial charge in [-0.25, -0.2) is 9.67 Å². The van der Waals surface area contributed by atoms with Crippen molar-refractivity contribution in [2.24, 2.45) is 7.05 Å². The fraction of sp³-hybridized carbons (Fsp3) is 0.231. The second-order valence-corrected chi connectivity index (χ2v) is 4.47. The normalized spacial score (nSPS) is 11.3. The van der Waals surface area contributed by atoms with Crippen molar-refractivity contribution >= 4 is 17.1 Å². The molecular weight excluding hydrogens is 226 g/mol. The molecule has 0 bridgehead atoms. The number of nitrogens with zero attached hydrogens (tertiary/aromatic N) is 4. The van der Waals surface area contributed by atoms with Gasteiger partial charge in [0.05, 0.1) is 11.4 Å². The summed E-state index contributed by atoms with van der Waals surface area (Å²) in [6.45, 7) is 4.00. The smallest absolute Gasteiger partial charge is 0.207 e. The number of nitrogen functional groups attached to an aromatic ring is 1. The Bertz CT molecular complexity index is 735. The number of nitrogens with two attached hydrogens (primary N) is 1. The molecule has 18 heavy (non-hydrogen) atoms. The van der Waals surface area contributed by atoms with E-state index in [0.717, 1.165) is 28.1 Å². The number of aryl methyl sites for hydroxylation is 3. The van der Waals surface area contributed by atoms with Crippen LogP contribution in [-0.4, -0.2) is 19.3 Å². The molecule has 5 nitrogen and oxygen atoms in total. The lowest BCUT2D eigenvalue weighted by Gasteiger charge is -2.09. The molecule has 2 heterocycles. The van der Waals surface area contributed by atoms with E-state index in [-0.39, 0.29) is 0 Å². The Balaban J connectivity index is 2.42. The van der Waals surface area contributed by atoms with Crippen LogP contribution in [-0.2, 0) is 7.05 Å². The van der Waals surface area contributed by atoms with Gasteiger partial charge < -0.3 is 5.73 Å². The Morgan fingerprint density at radius 2 is 1.89 bits per heavy atom. The predicted octanol–water partition coefficient (Wildman–Crippen LogP) is 1.96. The molecule has 92 valence electrons. The SMILES string of the molecule is Cc1ccccc1-n1c(N)nc2c(C)nn(C)c21. The molecule has 0 radical (unpaired) electrons. The number of aromatic nitrogens is 4. The lowest BCUT2D eigenvalue weighted by atomic mass is 10.2. The number of para-hydroxylation sites is 1. The third-order valence-corrected chi connectivity index (χ3v) is 3.18. The monoisotopic (exact) mass is 241 g/mol. The Morgan fingerprint density at radius 1 is 1.17 bits per heavy atom. The summed E-state index contributed by atoms with van der Waals surface area (Å²) < 4.78 is 3.77. The zero-order chi connectivity index (χ0) is 12.9. The van der Waals surface area contributed by atoms with Crippen molar-refractivity contribution in [3.05, 3.63) is 35.5 Å². The van der Waals surface area contributed by atoms with Gasteiger partial charge >= 0.3 is 0 Å². The van der Waals surface area contributed by atoms with Crippen molar-refractivity contribution in [3.8, 4) is 5.69 Å². The number of fused-ring (bicyclic) bond motifs is 1. The number of anilines is 1. The fourth-order valence-corrected chi connectivity index (χ4v) is 2.34. The highest BCUT2D eigenvalue weighted by Gasteiger charge is 2.17. The summed E-state index contributed by atoms with van der Waals surface area (Å²) in [6, 6.07) is 8.10. The minimum atomic E-state index is 0.496. The van der Waals surface area contributed by atoms with Gasteiger partial charge in [-0.3, -0.25) is 4.57 Å². The number of hydrogen-bond acceptors (Lipinski definition) is 3. The summed E-state index contributed by atoms with van der Waals surface area (Å²) in [6.07, 6.45) is 0. The molecule has 0 atom stereocenters. The lowest BCUT2D eigenvalue weighted by molar-refractivity contribution is 0.762. The van der Waals surface area contributed by atoms with E-state index in [4.69, 9.17) is 5.73 Å². The molecule has 0 aliphatic heterocycles. The largest absolute Gasteiger partial charge is 0.369 e. The van der Waals surface area contributed by atoms with Crippen molar-refractivity contribution in [1.82, 2.24) is 19.3 Å². The number of hydrogen-bond donors (Lipinski definition) is 1. The second kappa shape index (κ2) is 3.60. The van der Waals surface area contributed by atoms with Crippen molar-refractivity contribution in [3.63, 3.8) is 0 Å². The Kier molecular flexibility index (Phi) is 2.16. The van der Waals surface area contributed by atoms with E-state index >= 15 is 0 Å². The van der Waals surface area contributed by atoms with Crippen LogP contribution in [0, 0.1) is 13.8 Å². The van der Waals surface area contributed by atoms with Crippen LogP contribution < -0.4 is 5.73 Å². The molecule has 3 aromatic rings. The summed E-state index contributed by atoms with van der Waals surface area (Å²) in [5, 5.41) is 4.38. The lowest BCUT2D eigenvalue weighted by Crippen LogP contribution is -2.06. The number of benzene rings is 1. The molecule has 3 rings (SSSR count). The molecule has 2 aromatic heterocycles. The minimum absolute atomic E-state index is 0.496. The average molecular weight is 241 g/mol. The van der Waals surface area contributed by atoms with Crippen molar-refractivity contribution in [2.75, 3.05) is 5.73 Å². The molecule has 0 amide bonds. The summed E-state index contributed by atoms with van der Waals surface area (Å²) in [5.41, 5.74) is 10.9. The average Bonchev–Trinajstić information content (AvgIpc) is 2.79. The van der Waals surface area contributed by atoms with E-state index in [9.17, 15) is 0 Å². The first-order chi connectivity index (χ1) is 8.59. The van der Waals surface area contributed by atoms with Gasteiger partial charge in [0.1, 0.15) is 5.52 Å². The van der Waals surface area contributed by atoms with E-state index < -0.39 is 0 Å². The topological polar surface area (TPSA) is 61.7 Å². The van der Waals surface area contributed by atoms with Gasteiger partial charge in [0.25, 0.3) is 0 Å². The summed E-state index contributed by atoms with van der Waals surface area (Å²) in [5.74, 6) is 0.496. The van der Waals surface area contributed by atoms with Gasteiger partial charge in [0, 0.05) is 7.05 Å². The second-order valence-electron chi connectivity index (χ2n) is 4.47. The van der Waals surface area contributed by atoms with Crippen molar-refractivity contribution in [2.45, 2.75) is 13.8 Å². The van der Waals surface area contributed by atoms with Crippen molar-refractivity contribution in [1.29, 1.82) is 0 Å². The molecule has 0 aliphatic rings. The first kappa shape index (κ1) is 10.8. The molecule has 0 spiro atoms. The maximum absolute atomic E-state index is 6.05. The molecule has 2 N–H and O–H groups in total. The van der Waals surface area contributed by atoms with Gasteiger partial charge in [-0.2, -0.15) is 5.10 Å². The molecule has 0 saturated carbocycles. The minimum Gasteiger partial charge on any atom is -0.369 e. The summed E-state index contributed by atoms with van der Waals surface area (Å²) >= 11 is 0. The third kappa shape index (κ3) is 1.33. The Hall–Kier alpha value is -2.30. The predicted molar refractivity (Wildman–Crippen MR) is 71.7 cm³/mol. The fourth-order valence-electron chi connectivity index (χ4n) is 2.34. The third-order valence-electron chi connectivity index (χ3n) is 3.18. The zero-order valence-electron chi connectivity index (χ0n) is 10.7. The van der Waals surface area contributed by atoms with Crippen LogP contribution in [0.5, 0.6) is 0 Å². The Morgan fingerprint density at radius 3 is 2.61 bits per heavy atom. The van der Waals surface area contributed by atoms with Crippen LogP contribution in [0.15, 0.2) is 24.3 Å². The van der Waals surface area contributed by atoms with Gasteiger partial charge in [-0.1, -0.05) is 18.2 Å². The molecule has 1 aromatic carbocycles. The van der Waals surface area contributed by atoms with E-state index in [1.54, 1.807) is 0 Å². The first-order valence-corrected chi connectivity index (χ1v) is 5.83. The van der Waals surface area contributed by atoms with Crippen LogP contribution in [0.3, 0.4) is 0 Å². The van der Waals surface area contributed by atoms with E-state index in [1.165, 1.54) is 0 Å². The Labute approximate surface area is 105 Å². The highest BCUT2D eigenvalue weighted by molar-refractivity contribution is 5.80. The highest BCUT2D eigenvalue weighted by atomic mass is 15.3. The van der Waals surface area contributed by atoms with E-state index in [1.807, 2.05) is 41.4 Å². The number of imidazole rings is 1. The first-order valence-electron chi connectivity index (χ1n) is 5.83. The maximum Gasteiger partial charge on any atom is 0.207 e. The van der Waals surface area contributed by atoms with Gasteiger partial charge in [-0.15, -0.1) is 0 Å².